The molecule has 2 heterocycles. The van der Waals surface area contributed by atoms with Crippen molar-refractivity contribution in [1.82, 2.24) is 9.80 Å². The summed E-state index contributed by atoms with van der Waals surface area (Å²) in [5.74, 6) is 0.284. The van der Waals surface area contributed by atoms with Crippen molar-refractivity contribution < 1.29 is 9.59 Å². The van der Waals surface area contributed by atoms with Crippen molar-refractivity contribution in [1.29, 1.82) is 0 Å². The summed E-state index contributed by atoms with van der Waals surface area (Å²) in [6.45, 7) is 8.61. The first-order valence-corrected chi connectivity index (χ1v) is 8.94. The highest BCUT2D eigenvalue weighted by Crippen LogP contribution is 2.23. The molecular formula is C19H27N3O2. The van der Waals surface area contributed by atoms with Gasteiger partial charge < -0.3 is 15.1 Å². The number of hydrogen-bond acceptors (Lipinski definition) is 3. The Bertz CT molecular complexity index is 635. The zero-order valence-corrected chi connectivity index (χ0v) is 14.8. The van der Waals surface area contributed by atoms with Crippen LogP contribution in [0.2, 0.25) is 0 Å². The SMILES string of the molecule is Cc1cc(C(=O)N2CCCC2)ccc1N[C@H]1CCN(C(C)C)C1=O. The normalized spacial score (nSPS) is 21.0. The second-order valence-electron chi connectivity index (χ2n) is 7.14. The maximum Gasteiger partial charge on any atom is 0.253 e. The molecule has 5 nitrogen and oxygen atoms in total. The van der Waals surface area contributed by atoms with E-state index in [1.807, 2.05) is 48.8 Å². The first-order chi connectivity index (χ1) is 11.5. The Kier molecular flexibility index (Phi) is 4.78. The molecule has 2 aliphatic heterocycles. The summed E-state index contributed by atoms with van der Waals surface area (Å²) in [7, 11) is 0. The molecule has 0 saturated carbocycles. The maximum atomic E-state index is 12.5. The predicted molar refractivity (Wildman–Crippen MR) is 95.2 cm³/mol. The van der Waals surface area contributed by atoms with E-state index in [-0.39, 0.29) is 23.9 Å². The summed E-state index contributed by atoms with van der Waals surface area (Å²) >= 11 is 0. The second-order valence-corrected chi connectivity index (χ2v) is 7.14. The summed E-state index contributed by atoms with van der Waals surface area (Å²) in [6, 6.07) is 5.82. The summed E-state index contributed by atoms with van der Waals surface area (Å²) in [6.07, 6.45) is 3.02. The Morgan fingerprint density at radius 1 is 1.21 bits per heavy atom. The number of aryl methyl sites for hydroxylation is 1. The Morgan fingerprint density at radius 3 is 2.50 bits per heavy atom. The topological polar surface area (TPSA) is 52.7 Å². The van der Waals surface area contributed by atoms with Crippen molar-refractivity contribution in [2.75, 3.05) is 25.0 Å². The van der Waals surface area contributed by atoms with Crippen LogP contribution < -0.4 is 5.32 Å². The van der Waals surface area contributed by atoms with Crippen LogP contribution in [0.25, 0.3) is 0 Å². The number of benzene rings is 1. The van der Waals surface area contributed by atoms with Crippen molar-refractivity contribution >= 4 is 17.5 Å². The molecule has 3 rings (SSSR count). The standard InChI is InChI=1S/C19H27N3O2/c1-13(2)22-11-8-17(19(22)24)20-16-7-6-15(12-14(16)3)18(23)21-9-4-5-10-21/h6-7,12-13,17,20H,4-5,8-11H2,1-3H3/t17-/m0/s1. The van der Waals surface area contributed by atoms with E-state index in [4.69, 9.17) is 0 Å². The summed E-state index contributed by atoms with van der Waals surface area (Å²) in [4.78, 5) is 28.7. The molecule has 1 atom stereocenters. The molecule has 0 radical (unpaired) electrons. The van der Waals surface area contributed by atoms with Gasteiger partial charge in [-0.3, -0.25) is 9.59 Å². The van der Waals surface area contributed by atoms with E-state index in [1.54, 1.807) is 0 Å². The third-order valence-electron chi connectivity index (χ3n) is 5.06. The quantitative estimate of drug-likeness (QED) is 0.924. The predicted octanol–water partition coefficient (Wildman–Crippen LogP) is 2.65. The van der Waals surface area contributed by atoms with Crippen LogP contribution in [-0.2, 0) is 4.79 Å². The van der Waals surface area contributed by atoms with Gasteiger partial charge in [-0.2, -0.15) is 0 Å². The van der Waals surface area contributed by atoms with Gasteiger partial charge in [-0.15, -0.1) is 0 Å². The largest absolute Gasteiger partial charge is 0.373 e. The van der Waals surface area contributed by atoms with Gasteiger partial charge in [-0.1, -0.05) is 0 Å². The van der Waals surface area contributed by atoms with Gasteiger partial charge in [0.25, 0.3) is 5.91 Å². The number of rotatable bonds is 4. The molecule has 0 aromatic heterocycles. The van der Waals surface area contributed by atoms with Gasteiger partial charge in [-0.05, 0) is 63.8 Å². The third-order valence-corrected chi connectivity index (χ3v) is 5.06. The van der Waals surface area contributed by atoms with Gasteiger partial charge in [-0.25, -0.2) is 0 Å². The molecule has 1 N–H and O–H groups in total. The van der Waals surface area contributed by atoms with Gasteiger partial charge in [0.05, 0.1) is 0 Å². The Hall–Kier alpha value is -2.04. The van der Waals surface area contributed by atoms with E-state index in [1.165, 1.54) is 0 Å². The first-order valence-electron chi connectivity index (χ1n) is 8.94. The minimum absolute atomic E-state index is 0.116. The molecule has 2 saturated heterocycles. The Labute approximate surface area is 144 Å². The number of carbonyl (C=O) groups excluding carboxylic acids is 2. The third kappa shape index (κ3) is 3.25. The molecule has 0 aliphatic carbocycles. The number of carbonyl (C=O) groups is 2. The highest BCUT2D eigenvalue weighted by molar-refractivity contribution is 5.95. The van der Waals surface area contributed by atoms with Crippen LogP contribution in [0, 0.1) is 6.92 Å². The molecular weight excluding hydrogens is 302 g/mol. The Morgan fingerprint density at radius 2 is 1.92 bits per heavy atom. The molecule has 130 valence electrons. The van der Waals surface area contributed by atoms with Crippen molar-refractivity contribution in [3.05, 3.63) is 29.3 Å². The zero-order valence-electron chi connectivity index (χ0n) is 14.8. The fourth-order valence-corrected chi connectivity index (χ4v) is 3.60. The molecule has 5 heteroatoms. The maximum absolute atomic E-state index is 12.5. The van der Waals surface area contributed by atoms with Crippen LogP contribution in [0.1, 0.15) is 49.0 Å². The molecule has 0 unspecified atom stereocenters. The average Bonchev–Trinajstić information content (AvgIpc) is 3.19. The van der Waals surface area contributed by atoms with E-state index in [0.29, 0.717) is 0 Å². The lowest BCUT2D eigenvalue weighted by atomic mass is 10.1. The molecule has 0 spiro atoms. The van der Waals surface area contributed by atoms with Crippen LogP contribution in [0.4, 0.5) is 5.69 Å². The minimum atomic E-state index is -0.161. The number of nitrogens with zero attached hydrogens (tertiary/aromatic N) is 2. The second kappa shape index (κ2) is 6.83. The van der Waals surface area contributed by atoms with Crippen LogP contribution in [0.5, 0.6) is 0 Å². The van der Waals surface area contributed by atoms with Crippen LogP contribution in [-0.4, -0.2) is 53.3 Å². The molecule has 0 bridgehead atoms. The fraction of sp³-hybridized carbons (Fsp3) is 0.579. The summed E-state index contributed by atoms with van der Waals surface area (Å²) in [5.41, 5.74) is 2.69. The number of anilines is 1. The molecule has 2 amide bonds. The number of nitrogens with one attached hydrogen (secondary N) is 1. The summed E-state index contributed by atoms with van der Waals surface area (Å²) in [5, 5.41) is 3.36. The highest BCUT2D eigenvalue weighted by Gasteiger charge is 2.33. The molecule has 2 aliphatic rings. The van der Waals surface area contributed by atoms with E-state index >= 15 is 0 Å². The summed E-state index contributed by atoms with van der Waals surface area (Å²) < 4.78 is 0. The average molecular weight is 329 g/mol. The highest BCUT2D eigenvalue weighted by atomic mass is 16.2. The Balaban J connectivity index is 1.69. The number of hydrogen-bond donors (Lipinski definition) is 1. The van der Waals surface area contributed by atoms with Gasteiger partial charge in [0.1, 0.15) is 6.04 Å². The molecule has 24 heavy (non-hydrogen) atoms. The lowest BCUT2D eigenvalue weighted by Gasteiger charge is -2.22. The monoisotopic (exact) mass is 329 g/mol. The minimum Gasteiger partial charge on any atom is -0.373 e. The molecule has 1 aromatic carbocycles. The lowest BCUT2D eigenvalue weighted by molar-refractivity contribution is -0.129. The lowest BCUT2D eigenvalue weighted by Crippen LogP contribution is -2.37. The van der Waals surface area contributed by atoms with Gasteiger partial charge in [0, 0.05) is 36.9 Å². The van der Waals surface area contributed by atoms with Gasteiger partial charge >= 0.3 is 0 Å². The van der Waals surface area contributed by atoms with Crippen LogP contribution in [0.3, 0.4) is 0 Å². The van der Waals surface area contributed by atoms with Crippen molar-refractivity contribution in [3.8, 4) is 0 Å². The van der Waals surface area contributed by atoms with Gasteiger partial charge in [0.15, 0.2) is 0 Å². The van der Waals surface area contributed by atoms with Crippen molar-refractivity contribution in [2.45, 2.75) is 52.1 Å². The number of amides is 2. The van der Waals surface area contributed by atoms with E-state index in [9.17, 15) is 9.59 Å². The van der Waals surface area contributed by atoms with Crippen LogP contribution >= 0.6 is 0 Å². The van der Waals surface area contributed by atoms with E-state index in [0.717, 1.165) is 55.7 Å². The smallest absolute Gasteiger partial charge is 0.253 e. The van der Waals surface area contributed by atoms with Crippen LogP contribution in [0.15, 0.2) is 18.2 Å². The fourth-order valence-electron chi connectivity index (χ4n) is 3.60. The van der Waals surface area contributed by atoms with Crippen molar-refractivity contribution in [3.63, 3.8) is 0 Å². The van der Waals surface area contributed by atoms with E-state index in [2.05, 4.69) is 5.32 Å². The number of likely N-dealkylation sites (tertiary alicyclic amines) is 2. The van der Waals surface area contributed by atoms with Crippen molar-refractivity contribution in [2.24, 2.45) is 0 Å². The molecule has 1 aromatic rings. The zero-order chi connectivity index (χ0) is 17.3. The van der Waals surface area contributed by atoms with Gasteiger partial charge in [0.2, 0.25) is 5.91 Å². The first kappa shape index (κ1) is 16.8. The molecule has 2 fully saturated rings. The van der Waals surface area contributed by atoms with E-state index < -0.39 is 0 Å².